The van der Waals surface area contributed by atoms with Crippen molar-refractivity contribution in [3.05, 3.63) is 18.2 Å². The van der Waals surface area contributed by atoms with Crippen molar-refractivity contribution >= 4 is 34.2 Å². The van der Waals surface area contributed by atoms with Crippen molar-refractivity contribution < 1.29 is 4.79 Å². The maximum Gasteiger partial charge on any atom is 0.228 e. The molecule has 0 bridgehead atoms. The molecule has 1 N–H and O–H groups in total. The van der Waals surface area contributed by atoms with E-state index in [9.17, 15) is 4.79 Å². The van der Waals surface area contributed by atoms with Gasteiger partial charge in [0.1, 0.15) is 11.0 Å². The Morgan fingerprint density at radius 1 is 1.38 bits per heavy atom. The zero-order valence-corrected chi connectivity index (χ0v) is 9.11. The van der Waals surface area contributed by atoms with E-state index in [0.717, 1.165) is 16.7 Å². The molecule has 1 aromatic heterocycles. The summed E-state index contributed by atoms with van der Waals surface area (Å²) in [5.41, 5.74) is 2.37. The summed E-state index contributed by atoms with van der Waals surface area (Å²) in [4.78, 5) is 13.3. The van der Waals surface area contributed by atoms with Gasteiger partial charge < -0.3 is 4.90 Å². The zero-order chi connectivity index (χ0) is 11.1. The number of carbonyl (C=O) groups is 1. The normalized spacial score (nSPS) is 20.9. The summed E-state index contributed by atoms with van der Waals surface area (Å²) in [5.74, 6) is 0.0582. The Bertz CT molecular complexity index is 552. The minimum Gasteiger partial charge on any atom is -0.311 e. The number of aromatic amines is 1. The summed E-state index contributed by atoms with van der Waals surface area (Å²) in [7, 11) is 0. The van der Waals surface area contributed by atoms with Gasteiger partial charge in [0.25, 0.3) is 0 Å². The van der Waals surface area contributed by atoms with E-state index in [-0.39, 0.29) is 11.3 Å². The topological polar surface area (TPSA) is 61.9 Å². The first kappa shape index (κ1) is 9.59. The monoisotopic (exact) mass is 236 g/mol. The molecule has 16 heavy (non-hydrogen) atoms. The molecule has 1 unspecified atom stereocenters. The first-order valence-corrected chi connectivity index (χ1v) is 5.42. The molecule has 2 heterocycles. The van der Waals surface area contributed by atoms with Crippen LogP contribution < -0.4 is 4.90 Å². The SMILES string of the molecule is O=C1CC(Cl)CN1c1ccc2n[nH]nc2c1. The molecule has 2 aromatic rings. The molecule has 1 aliphatic rings. The first-order valence-electron chi connectivity index (χ1n) is 4.99. The lowest BCUT2D eigenvalue weighted by molar-refractivity contribution is -0.117. The Hall–Kier alpha value is -1.62. The number of aromatic nitrogens is 3. The molecule has 1 saturated heterocycles. The Balaban J connectivity index is 2.02. The van der Waals surface area contributed by atoms with Gasteiger partial charge in [-0.3, -0.25) is 4.79 Å². The van der Waals surface area contributed by atoms with E-state index in [1.807, 2.05) is 18.2 Å². The standard InChI is InChI=1S/C10H9ClN4O/c11-6-3-10(16)15(5-6)7-1-2-8-9(4-7)13-14-12-8/h1-2,4,6H,3,5H2,(H,12,13,14). The molecule has 6 heteroatoms. The smallest absolute Gasteiger partial charge is 0.228 e. The highest BCUT2D eigenvalue weighted by Crippen LogP contribution is 2.26. The van der Waals surface area contributed by atoms with Crippen molar-refractivity contribution in [2.45, 2.75) is 11.8 Å². The van der Waals surface area contributed by atoms with E-state index in [0.29, 0.717) is 13.0 Å². The second kappa shape index (κ2) is 3.45. The Morgan fingerprint density at radius 2 is 2.19 bits per heavy atom. The number of alkyl halides is 1. The lowest BCUT2D eigenvalue weighted by Crippen LogP contribution is -2.24. The second-order valence-corrected chi connectivity index (χ2v) is 4.42. The van der Waals surface area contributed by atoms with Gasteiger partial charge in [-0.05, 0) is 18.2 Å². The number of rotatable bonds is 1. The van der Waals surface area contributed by atoms with Gasteiger partial charge in [0.2, 0.25) is 5.91 Å². The Kier molecular flexibility index (Phi) is 2.07. The molecule has 5 nitrogen and oxygen atoms in total. The van der Waals surface area contributed by atoms with Gasteiger partial charge in [-0.1, -0.05) is 0 Å². The number of fused-ring (bicyclic) bond motifs is 1. The number of hydrogen-bond acceptors (Lipinski definition) is 3. The van der Waals surface area contributed by atoms with E-state index in [1.165, 1.54) is 0 Å². The van der Waals surface area contributed by atoms with Crippen LogP contribution in [0.4, 0.5) is 5.69 Å². The number of benzene rings is 1. The van der Waals surface area contributed by atoms with Crippen LogP contribution >= 0.6 is 11.6 Å². The largest absolute Gasteiger partial charge is 0.311 e. The molecule has 1 atom stereocenters. The molecule has 0 aliphatic carbocycles. The van der Waals surface area contributed by atoms with Crippen LogP contribution in [0.1, 0.15) is 6.42 Å². The molecule has 1 fully saturated rings. The maximum atomic E-state index is 11.7. The van der Waals surface area contributed by atoms with E-state index < -0.39 is 0 Å². The first-order chi connectivity index (χ1) is 7.74. The van der Waals surface area contributed by atoms with Crippen molar-refractivity contribution in [3.8, 4) is 0 Å². The van der Waals surface area contributed by atoms with Gasteiger partial charge in [-0.15, -0.1) is 11.6 Å². The van der Waals surface area contributed by atoms with Crippen molar-refractivity contribution in [2.75, 3.05) is 11.4 Å². The Morgan fingerprint density at radius 3 is 2.94 bits per heavy atom. The number of anilines is 1. The Labute approximate surface area is 96.4 Å². The van der Waals surface area contributed by atoms with Crippen molar-refractivity contribution in [2.24, 2.45) is 0 Å². The number of hydrogen-bond donors (Lipinski definition) is 1. The molecule has 1 aromatic carbocycles. The average Bonchev–Trinajstić information content (AvgIpc) is 2.83. The quantitative estimate of drug-likeness (QED) is 0.760. The fraction of sp³-hybridized carbons (Fsp3) is 0.300. The predicted molar refractivity (Wildman–Crippen MR) is 60.5 cm³/mol. The molecule has 82 valence electrons. The predicted octanol–water partition coefficient (Wildman–Crippen LogP) is 1.30. The van der Waals surface area contributed by atoms with Crippen LogP contribution in [0.15, 0.2) is 18.2 Å². The number of nitrogens with one attached hydrogen (secondary N) is 1. The summed E-state index contributed by atoms with van der Waals surface area (Å²) >= 11 is 5.95. The highest BCUT2D eigenvalue weighted by Gasteiger charge is 2.29. The van der Waals surface area contributed by atoms with Gasteiger partial charge >= 0.3 is 0 Å². The molecule has 1 aliphatic heterocycles. The van der Waals surface area contributed by atoms with Crippen molar-refractivity contribution in [3.63, 3.8) is 0 Å². The van der Waals surface area contributed by atoms with Gasteiger partial charge in [0, 0.05) is 18.7 Å². The van der Waals surface area contributed by atoms with E-state index in [1.54, 1.807) is 4.90 Å². The molecule has 0 spiro atoms. The second-order valence-electron chi connectivity index (χ2n) is 3.80. The number of amides is 1. The summed E-state index contributed by atoms with van der Waals surface area (Å²) in [6, 6.07) is 5.53. The fourth-order valence-electron chi connectivity index (χ4n) is 1.91. The third kappa shape index (κ3) is 1.44. The number of carbonyl (C=O) groups excluding carboxylic acids is 1. The van der Waals surface area contributed by atoms with Crippen molar-refractivity contribution in [1.29, 1.82) is 0 Å². The molecular formula is C10H9ClN4O. The average molecular weight is 237 g/mol. The molecule has 0 radical (unpaired) electrons. The summed E-state index contributed by atoms with van der Waals surface area (Å²) in [6.45, 7) is 0.559. The van der Waals surface area contributed by atoms with Gasteiger partial charge in [-0.25, -0.2) is 0 Å². The lowest BCUT2D eigenvalue weighted by atomic mass is 10.2. The van der Waals surface area contributed by atoms with Crippen LogP contribution in [0.3, 0.4) is 0 Å². The fourth-order valence-corrected chi connectivity index (χ4v) is 2.18. The number of halogens is 1. The third-order valence-corrected chi connectivity index (χ3v) is 2.98. The number of nitrogens with zero attached hydrogens (tertiary/aromatic N) is 3. The zero-order valence-electron chi connectivity index (χ0n) is 8.35. The summed E-state index contributed by atoms with van der Waals surface area (Å²) in [5, 5.41) is 10.4. The molecular weight excluding hydrogens is 228 g/mol. The minimum atomic E-state index is -0.0968. The number of H-pyrrole nitrogens is 1. The van der Waals surface area contributed by atoms with Gasteiger partial charge in [0.05, 0.1) is 5.38 Å². The molecule has 3 rings (SSSR count). The van der Waals surface area contributed by atoms with Crippen LogP contribution in [-0.2, 0) is 4.79 Å². The van der Waals surface area contributed by atoms with Gasteiger partial charge in [0.15, 0.2) is 0 Å². The van der Waals surface area contributed by atoms with Crippen molar-refractivity contribution in [1.82, 2.24) is 15.4 Å². The van der Waals surface area contributed by atoms with Crippen LogP contribution in [0, 0.1) is 0 Å². The van der Waals surface area contributed by atoms with E-state index in [4.69, 9.17) is 11.6 Å². The molecule has 0 saturated carbocycles. The summed E-state index contributed by atoms with van der Waals surface area (Å²) < 4.78 is 0. The highest BCUT2D eigenvalue weighted by atomic mass is 35.5. The minimum absolute atomic E-state index is 0.0582. The van der Waals surface area contributed by atoms with Gasteiger partial charge in [-0.2, -0.15) is 15.4 Å². The maximum absolute atomic E-state index is 11.7. The highest BCUT2D eigenvalue weighted by molar-refractivity contribution is 6.24. The van der Waals surface area contributed by atoms with Crippen LogP contribution in [0.2, 0.25) is 0 Å². The molecule has 1 amide bonds. The van der Waals surface area contributed by atoms with Crippen LogP contribution in [-0.4, -0.2) is 33.2 Å². The van der Waals surface area contributed by atoms with Crippen LogP contribution in [0.25, 0.3) is 11.0 Å². The van der Waals surface area contributed by atoms with Crippen LogP contribution in [0.5, 0.6) is 0 Å². The lowest BCUT2D eigenvalue weighted by Gasteiger charge is -2.15. The van der Waals surface area contributed by atoms with E-state index >= 15 is 0 Å². The summed E-state index contributed by atoms with van der Waals surface area (Å²) in [6.07, 6.45) is 0.401. The van der Waals surface area contributed by atoms with E-state index in [2.05, 4.69) is 15.4 Å². The third-order valence-electron chi connectivity index (χ3n) is 2.69.